The van der Waals surface area contributed by atoms with E-state index in [4.69, 9.17) is 5.11 Å². The Morgan fingerprint density at radius 1 is 1.31 bits per heavy atom. The number of carbonyl (C=O) groups excluding carboxylic acids is 1. The van der Waals surface area contributed by atoms with Crippen LogP contribution in [-0.2, 0) is 4.79 Å². The van der Waals surface area contributed by atoms with Crippen LogP contribution in [0.4, 0.5) is 0 Å². The summed E-state index contributed by atoms with van der Waals surface area (Å²) in [5.74, 6) is 0.0275. The van der Waals surface area contributed by atoms with E-state index in [9.17, 15) is 4.79 Å². The van der Waals surface area contributed by atoms with Crippen LogP contribution < -0.4 is 10.6 Å². The van der Waals surface area contributed by atoms with Gasteiger partial charge in [0.25, 0.3) is 0 Å². The van der Waals surface area contributed by atoms with Gasteiger partial charge in [0.2, 0.25) is 5.91 Å². The van der Waals surface area contributed by atoms with Crippen molar-refractivity contribution in [3.63, 3.8) is 0 Å². The highest BCUT2D eigenvalue weighted by Crippen LogP contribution is 2.06. The first-order chi connectivity index (χ1) is 7.45. The van der Waals surface area contributed by atoms with Crippen LogP contribution in [0.2, 0.25) is 0 Å². The van der Waals surface area contributed by atoms with Gasteiger partial charge in [-0.05, 0) is 33.1 Å². The van der Waals surface area contributed by atoms with Gasteiger partial charge < -0.3 is 15.7 Å². The first kappa shape index (κ1) is 15.4. The summed E-state index contributed by atoms with van der Waals surface area (Å²) in [5, 5.41) is 15.0. The molecule has 0 atom stereocenters. The lowest BCUT2D eigenvalue weighted by atomic mass is 10.0. The fourth-order valence-corrected chi connectivity index (χ4v) is 1.46. The smallest absolute Gasteiger partial charge is 0.234 e. The summed E-state index contributed by atoms with van der Waals surface area (Å²) in [4.78, 5) is 11.6. The van der Waals surface area contributed by atoms with Crippen molar-refractivity contribution in [2.45, 2.75) is 58.5 Å². The molecule has 1 amide bonds. The van der Waals surface area contributed by atoms with E-state index >= 15 is 0 Å². The van der Waals surface area contributed by atoms with Crippen molar-refractivity contribution < 1.29 is 9.90 Å². The highest BCUT2D eigenvalue weighted by atomic mass is 16.3. The minimum Gasteiger partial charge on any atom is -0.396 e. The minimum absolute atomic E-state index is 0.0275. The van der Waals surface area contributed by atoms with Gasteiger partial charge in [0.15, 0.2) is 0 Å². The molecule has 0 heterocycles. The number of carbonyl (C=O) groups is 1. The molecule has 0 spiro atoms. The van der Waals surface area contributed by atoms with E-state index in [0.717, 1.165) is 12.8 Å². The molecule has 0 aromatic rings. The molecule has 0 rings (SSSR count). The Labute approximate surface area is 98.8 Å². The molecule has 0 aromatic carbocycles. The molecular weight excluding hydrogens is 204 g/mol. The number of rotatable bonds is 8. The molecule has 0 aromatic heterocycles. The van der Waals surface area contributed by atoms with Crippen LogP contribution in [0.25, 0.3) is 0 Å². The zero-order chi connectivity index (χ0) is 12.6. The first-order valence-electron chi connectivity index (χ1n) is 6.10. The van der Waals surface area contributed by atoms with Gasteiger partial charge in [-0.3, -0.25) is 4.79 Å². The quantitative estimate of drug-likeness (QED) is 0.584. The van der Waals surface area contributed by atoms with Gasteiger partial charge in [0.05, 0.1) is 6.54 Å². The zero-order valence-corrected chi connectivity index (χ0v) is 11.0. The Kier molecular flexibility index (Phi) is 7.34. The van der Waals surface area contributed by atoms with E-state index in [2.05, 4.69) is 24.5 Å². The van der Waals surface area contributed by atoms with Crippen LogP contribution in [-0.4, -0.2) is 35.7 Å². The molecule has 0 aliphatic heterocycles. The Morgan fingerprint density at radius 3 is 2.31 bits per heavy atom. The maximum Gasteiger partial charge on any atom is 0.234 e. The molecule has 96 valence electrons. The fraction of sp³-hybridized carbons (Fsp3) is 0.917. The Hall–Kier alpha value is -0.610. The summed E-state index contributed by atoms with van der Waals surface area (Å²) >= 11 is 0. The third-order valence-corrected chi connectivity index (χ3v) is 2.82. The van der Waals surface area contributed by atoms with Gasteiger partial charge in [-0.25, -0.2) is 0 Å². The van der Waals surface area contributed by atoms with Crippen molar-refractivity contribution in [2.75, 3.05) is 13.2 Å². The summed E-state index contributed by atoms with van der Waals surface area (Å²) < 4.78 is 0. The molecule has 0 unspecified atom stereocenters. The number of aliphatic hydroxyl groups is 1. The van der Waals surface area contributed by atoms with Crippen molar-refractivity contribution in [3.8, 4) is 0 Å². The molecule has 0 aliphatic carbocycles. The Balaban J connectivity index is 3.88. The van der Waals surface area contributed by atoms with E-state index in [-0.39, 0.29) is 24.1 Å². The molecule has 0 aliphatic rings. The van der Waals surface area contributed by atoms with E-state index in [0.29, 0.717) is 13.0 Å². The molecule has 4 heteroatoms. The van der Waals surface area contributed by atoms with Crippen molar-refractivity contribution in [1.82, 2.24) is 10.6 Å². The third-order valence-electron chi connectivity index (χ3n) is 2.82. The summed E-state index contributed by atoms with van der Waals surface area (Å²) in [5.41, 5.74) is -0.194. The Morgan fingerprint density at radius 2 is 1.88 bits per heavy atom. The van der Waals surface area contributed by atoms with Crippen LogP contribution in [0.1, 0.15) is 47.0 Å². The van der Waals surface area contributed by atoms with Crippen molar-refractivity contribution >= 4 is 5.91 Å². The molecule has 0 bridgehead atoms. The second kappa shape index (κ2) is 7.63. The summed E-state index contributed by atoms with van der Waals surface area (Å²) in [6.07, 6.45) is 2.57. The number of amides is 1. The van der Waals surface area contributed by atoms with Gasteiger partial charge in [-0.2, -0.15) is 0 Å². The second-order valence-corrected chi connectivity index (χ2v) is 4.79. The van der Waals surface area contributed by atoms with Crippen molar-refractivity contribution in [2.24, 2.45) is 0 Å². The number of aliphatic hydroxyl groups excluding tert-OH is 1. The average Bonchev–Trinajstić information content (AvgIpc) is 2.23. The largest absolute Gasteiger partial charge is 0.396 e. The zero-order valence-electron chi connectivity index (χ0n) is 11.0. The highest BCUT2D eigenvalue weighted by molar-refractivity contribution is 5.78. The Bertz CT molecular complexity index is 201. The monoisotopic (exact) mass is 230 g/mol. The molecule has 0 saturated heterocycles. The summed E-state index contributed by atoms with van der Waals surface area (Å²) in [6, 6.07) is 0.273. The maximum absolute atomic E-state index is 11.6. The number of nitrogens with one attached hydrogen (secondary N) is 2. The maximum atomic E-state index is 11.6. The third kappa shape index (κ3) is 6.80. The normalized spacial score (nSPS) is 11.9. The first-order valence-corrected chi connectivity index (χ1v) is 6.10. The molecule has 0 radical (unpaired) electrons. The van der Waals surface area contributed by atoms with Crippen LogP contribution in [0.3, 0.4) is 0 Å². The van der Waals surface area contributed by atoms with Crippen LogP contribution in [0.5, 0.6) is 0 Å². The van der Waals surface area contributed by atoms with Gasteiger partial charge in [-0.1, -0.05) is 13.8 Å². The summed E-state index contributed by atoms with van der Waals surface area (Å²) in [7, 11) is 0. The summed E-state index contributed by atoms with van der Waals surface area (Å²) in [6.45, 7) is 8.54. The van der Waals surface area contributed by atoms with Crippen LogP contribution in [0.15, 0.2) is 0 Å². The number of hydrogen-bond donors (Lipinski definition) is 3. The topological polar surface area (TPSA) is 61.4 Å². The molecule has 0 saturated carbocycles. The molecular formula is C12H26N2O2. The van der Waals surface area contributed by atoms with Crippen molar-refractivity contribution in [3.05, 3.63) is 0 Å². The molecule has 16 heavy (non-hydrogen) atoms. The van der Waals surface area contributed by atoms with Crippen LogP contribution >= 0.6 is 0 Å². The fourth-order valence-electron chi connectivity index (χ4n) is 1.46. The molecule has 0 fully saturated rings. The van der Waals surface area contributed by atoms with Gasteiger partial charge in [0.1, 0.15) is 0 Å². The van der Waals surface area contributed by atoms with Crippen LogP contribution in [0, 0.1) is 0 Å². The molecule has 3 N–H and O–H groups in total. The highest BCUT2D eigenvalue weighted by Gasteiger charge is 2.17. The predicted molar refractivity (Wildman–Crippen MR) is 66.3 cm³/mol. The van der Waals surface area contributed by atoms with Gasteiger partial charge in [0, 0.05) is 18.2 Å². The lowest BCUT2D eigenvalue weighted by Crippen LogP contribution is -2.47. The van der Waals surface area contributed by atoms with E-state index in [1.165, 1.54) is 0 Å². The van der Waals surface area contributed by atoms with Crippen molar-refractivity contribution in [1.29, 1.82) is 0 Å². The lowest BCUT2D eigenvalue weighted by Gasteiger charge is -2.25. The minimum atomic E-state index is -0.194. The molecule has 4 nitrogen and oxygen atoms in total. The van der Waals surface area contributed by atoms with Gasteiger partial charge in [-0.15, -0.1) is 0 Å². The predicted octanol–water partition coefficient (Wildman–Crippen LogP) is 1.04. The van der Waals surface area contributed by atoms with E-state index in [1.54, 1.807) is 0 Å². The standard InChI is InChI=1S/C12H26N2O2/c1-5-10(6-2)14-11(16)9-13-12(3,4)7-8-15/h10,13,15H,5-9H2,1-4H3,(H,14,16). The van der Waals surface area contributed by atoms with E-state index < -0.39 is 0 Å². The van der Waals surface area contributed by atoms with E-state index in [1.807, 2.05) is 13.8 Å². The lowest BCUT2D eigenvalue weighted by molar-refractivity contribution is -0.121. The SMILES string of the molecule is CCC(CC)NC(=O)CNC(C)(C)CCO. The second-order valence-electron chi connectivity index (χ2n) is 4.79. The average molecular weight is 230 g/mol. The van der Waals surface area contributed by atoms with Gasteiger partial charge >= 0.3 is 0 Å². The number of hydrogen-bond acceptors (Lipinski definition) is 3.